The molecule has 0 aliphatic carbocycles. The van der Waals surface area contributed by atoms with E-state index >= 15 is 0 Å². The number of hydrogen-bond acceptors (Lipinski definition) is 3. The minimum Gasteiger partial charge on any atom is -0.382 e. The van der Waals surface area contributed by atoms with E-state index < -0.39 is 5.82 Å². The summed E-state index contributed by atoms with van der Waals surface area (Å²) < 4.78 is 15.1. The number of aromatic amines is 1. The van der Waals surface area contributed by atoms with Crippen LogP contribution in [0.15, 0.2) is 24.3 Å². The highest BCUT2D eigenvalue weighted by Gasteiger charge is 2.22. The zero-order valence-corrected chi connectivity index (χ0v) is 13.3. The summed E-state index contributed by atoms with van der Waals surface area (Å²) in [6.07, 6.45) is 0. The van der Waals surface area contributed by atoms with Crippen LogP contribution in [0.1, 0.15) is 0 Å². The van der Waals surface area contributed by atoms with Crippen molar-refractivity contribution in [2.75, 3.05) is 5.73 Å². The number of aromatic nitrogens is 2. The van der Waals surface area contributed by atoms with Gasteiger partial charge < -0.3 is 5.73 Å². The molecule has 3 nitrogen and oxygen atoms in total. The summed E-state index contributed by atoms with van der Waals surface area (Å²) in [5.74, 6) is -0.357. The van der Waals surface area contributed by atoms with E-state index in [9.17, 15) is 4.39 Å². The van der Waals surface area contributed by atoms with Crippen LogP contribution in [-0.4, -0.2) is 10.2 Å². The molecule has 0 unspecified atom stereocenters. The standard InChI is InChI=1S/C13H7Cl3FN3S/c14-6-2-1-3-7(17)9(6)10-11(19-20-13(10)18)5-4-8(15)21-12(5)16/h1-4H,(H3,18,19,20). The molecule has 0 aliphatic heterocycles. The van der Waals surface area contributed by atoms with E-state index in [0.717, 1.165) is 0 Å². The summed E-state index contributed by atoms with van der Waals surface area (Å²) in [5, 5.41) is 6.93. The molecule has 1 aromatic carbocycles. The Morgan fingerprint density at radius 1 is 1.19 bits per heavy atom. The van der Waals surface area contributed by atoms with Crippen molar-refractivity contribution in [2.24, 2.45) is 0 Å². The summed E-state index contributed by atoms with van der Waals surface area (Å²) in [6.45, 7) is 0. The second-order valence-electron chi connectivity index (χ2n) is 4.19. The highest BCUT2D eigenvalue weighted by Crippen LogP contribution is 2.44. The van der Waals surface area contributed by atoms with Gasteiger partial charge in [0.25, 0.3) is 0 Å². The molecule has 0 saturated carbocycles. The normalized spacial score (nSPS) is 11.0. The summed E-state index contributed by atoms with van der Waals surface area (Å²) in [6, 6.07) is 6.07. The fourth-order valence-corrected chi connectivity index (χ4v) is 3.79. The number of thiophene rings is 1. The molecule has 3 aromatic rings. The lowest BCUT2D eigenvalue weighted by molar-refractivity contribution is 0.631. The minimum atomic E-state index is -0.491. The number of H-pyrrole nitrogens is 1. The lowest BCUT2D eigenvalue weighted by atomic mass is 10.0. The molecule has 8 heteroatoms. The van der Waals surface area contributed by atoms with E-state index in [4.69, 9.17) is 40.5 Å². The van der Waals surface area contributed by atoms with Crippen LogP contribution in [0.25, 0.3) is 22.4 Å². The molecule has 21 heavy (non-hydrogen) atoms. The third-order valence-corrected chi connectivity index (χ3v) is 4.74. The van der Waals surface area contributed by atoms with Crippen LogP contribution < -0.4 is 5.73 Å². The molecule has 0 atom stereocenters. The average molecular weight is 363 g/mol. The van der Waals surface area contributed by atoms with Crippen LogP contribution in [0.3, 0.4) is 0 Å². The Hall–Kier alpha value is -1.27. The largest absolute Gasteiger partial charge is 0.382 e. The SMILES string of the molecule is Nc1n[nH]c(-c2cc(Cl)sc2Cl)c1-c1c(F)cccc1Cl. The minimum absolute atomic E-state index is 0.135. The fraction of sp³-hybridized carbons (Fsp3) is 0. The molecule has 0 spiro atoms. The predicted octanol–water partition coefficient (Wildman–Crippen LogP) is 5.49. The van der Waals surface area contributed by atoms with E-state index in [2.05, 4.69) is 10.2 Å². The lowest BCUT2D eigenvalue weighted by Gasteiger charge is -2.07. The Labute approximate surface area is 138 Å². The summed E-state index contributed by atoms with van der Waals surface area (Å²) in [5.41, 5.74) is 7.50. The molecular weight excluding hydrogens is 356 g/mol. The molecule has 2 heterocycles. The van der Waals surface area contributed by atoms with Gasteiger partial charge in [0.1, 0.15) is 10.2 Å². The van der Waals surface area contributed by atoms with Crippen molar-refractivity contribution in [3.63, 3.8) is 0 Å². The van der Waals surface area contributed by atoms with Gasteiger partial charge >= 0.3 is 0 Å². The highest BCUT2D eigenvalue weighted by molar-refractivity contribution is 7.20. The van der Waals surface area contributed by atoms with E-state index in [1.165, 1.54) is 23.5 Å². The highest BCUT2D eigenvalue weighted by atomic mass is 35.5. The lowest BCUT2D eigenvalue weighted by Crippen LogP contribution is -1.92. The van der Waals surface area contributed by atoms with Gasteiger partial charge in [-0.15, -0.1) is 11.3 Å². The maximum atomic E-state index is 14.2. The Kier molecular flexibility index (Phi) is 3.84. The molecule has 0 amide bonds. The van der Waals surface area contributed by atoms with Crippen LogP contribution >= 0.6 is 46.1 Å². The maximum absolute atomic E-state index is 14.2. The van der Waals surface area contributed by atoms with E-state index in [1.54, 1.807) is 12.1 Å². The van der Waals surface area contributed by atoms with Gasteiger partial charge in [-0.1, -0.05) is 40.9 Å². The fourth-order valence-electron chi connectivity index (χ4n) is 2.05. The van der Waals surface area contributed by atoms with Gasteiger partial charge in [-0.05, 0) is 18.2 Å². The van der Waals surface area contributed by atoms with Crippen LogP contribution in [0.4, 0.5) is 10.2 Å². The number of halogens is 4. The first-order chi connectivity index (χ1) is 9.99. The van der Waals surface area contributed by atoms with Gasteiger partial charge in [0, 0.05) is 11.1 Å². The Morgan fingerprint density at radius 2 is 1.95 bits per heavy atom. The number of nitrogens with one attached hydrogen (secondary N) is 1. The summed E-state index contributed by atoms with van der Waals surface area (Å²) >= 11 is 19.4. The van der Waals surface area contributed by atoms with Crippen LogP contribution in [-0.2, 0) is 0 Å². The van der Waals surface area contributed by atoms with Gasteiger partial charge in [-0.25, -0.2) is 4.39 Å². The Bertz CT molecular complexity index is 808. The Balaban J connectivity index is 2.30. The first-order valence-electron chi connectivity index (χ1n) is 5.72. The molecule has 3 rings (SSSR count). The van der Waals surface area contributed by atoms with Gasteiger partial charge in [0.05, 0.1) is 20.6 Å². The molecule has 0 bridgehead atoms. The molecule has 0 aliphatic rings. The van der Waals surface area contributed by atoms with Gasteiger partial charge in [0.2, 0.25) is 0 Å². The average Bonchev–Trinajstić information content (AvgIpc) is 2.93. The number of nitrogens with zero attached hydrogens (tertiary/aromatic N) is 1. The molecule has 3 N–H and O–H groups in total. The predicted molar refractivity (Wildman–Crippen MR) is 86.7 cm³/mol. The second kappa shape index (κ2) is 5.50. The molecule has 0 saturated heterocycles. The molecule has 0 fully saturated rings. The third kappa shape index (κ3) is 2.51. The quantitative estimate of drug-likeness (QED) is 0.633. The van der Waals surface area contributed by atoms with Gasteiger partial charge in [0.15, 0.2) is 5.82 Å². The number of hydrogen-bond donors (Lipinski definition) is 2. The van der Waals surface area contributed by atoms with E-state index in [0.29, 0.717) is 25.5 Å². The Morgan fingerprint density at radius 3 is 2.57 bits per heavy atom. The van der Waals surface area contributed by atoms with Crippen LogP contribution in [0.2, 0.25) is 13.7 Å². The molecule has 0 radical (unpaired) electrons. The number of rotatable bonds is 2. The van der Waals surface area contributed by atoms with Crippen molar-refractivity contribution in [3.05, 3.63) is 43.8 Å². The maximum Gasteiger partial charge on any atom is 0.153 e. The van der Waals surface area contributed by atoms with E-state index in [1.807, 2.05) is 0 Å². The topological polar surface area (TPSA) is 54.7 Å². The second-order valence-corrected chi connectivity index (χ2v) is 6.89. The van der Waals surface area contributed by atoms with Crippen LogP contribution in [0.5, 0.6) is 0 Å². The first-order valence-corrected chi connectivity index (χ1v) is 7.67. The van der Waals surface area contributed by atoms with Crippen molar-refractivity contribution in [3.8, 4) is 22.4 Å². The van der Waals surface area contributed by atoms with Crippen molar-refractivity contribution < 1.29 is 4.39 Å². The third-order valence-electron chi connectivity index (χ3n) is 2.93. The zero-order chi connectivity index (χ0) is 15.1. The van der Waals surface area contributed by atoms with Crippen molar-refractivity contribution in [2.45, 2.75) is 0 Å². The van der Waals surface area contributed by atoms with Gasteiger partial charge in [-0.2, -0.15) is 5.10 Å². The number of nitrogens with two attached hydrogens (primary N) is 1. The van der Waals surface area contributed by atoms with Crippen LogP contribution in [0, 0.1) is 5.82 Å². The number of benzene rings is 1. The molecule has 108 valence electrons. The number of nitrogen functional groups attached to an aromatic ring is 1. The molecule has 2 aromatic heterocycles. The summed E-state index contributed by atoms with van der Waals surface area (Å²) in [4.78, 5) is 0. The van der Waals surface area contributed by atoms with Crippen molar-refractivity contribution in [1.29, 1.82) is 0 Å². The zero-order valence-electron chi connectivity index (χ0n) is 10.3. The van der Waals surface area contributed by atoms with Crippen molar-refractivity contribution >= 4 is 52.0 Å². The summed E-state index contributed by atoms with van der Waals surface area (Å²) in [7, 11) is 0. The van der Waals surface area contributed by atoms with Crippen molar-refractivity contribution in [1.82, 2.24) is 10.2 Å². The van der Waals surface area contributed by atoms with Gasteiger partial charge in [-0.3, -0.25) is 5.10 Å². The smallest absolute Gasteiger partial charge is 0.153 e. The first kappa shape index (κ1) is 14.7. The number of anilines is 1. The molecular formula is C13H7Cl3FN3S. The van der Waals surface area contributed by atoms with E-state index in [-0.39, 0.29) is 16.4 Å². The monoisotopic (exact) mass is 361 g/mol.